The maximum absolute atomic E-state index is 13.8. The summed E-state index contributed by atoms with van der Waals surface area (Å²) in [5.74, 6) is -8.50. The van der Waals surface area contributed by atoms with E-state index < -0.39 is 121 Å². The number of aromatic nitrogens is 5. The second-order valence-corrected chi connectivity index (χ2v) is 15.1. The maximum Gasteiger partial charge on any atom is 0.353 e. The van der Waals surface area contributed by atoms with Crippen molar-refractivity contribution >= 4 is 70.5 Å². The van der Waals surface area contributed by atoms with Gasteiger partial charge in [0.15, 0.2) is 17.3 Å². The number of aliphatic hydroxyl groups is 2. The van der Waals surface area contributed by atoms with Crippen molar-refractivity contribution in [3.8, 4) is 0 Å². The Hall–Kier alpha value is -6.52. The van der Waals surface area contributed by atoms with Crippen molar-refractivity contribution in [1.82, 2.24) is 56.3 Å². The van der Waals surface area contributed by atoms with Crippen molar-refractivity contribution in [2.75, 3.05) is 32.2 Å². The maximum atomic E-state index is 13.8. The Morgan fingerprint density at radius 3 is 1.88 bits per heavy atom. The first-order valence-electron chi connectivity index (χ1n) is 20.6. The second kappa shape index (κ2) is 27.6. The van der Waals surface area contributed by atoms with E-state index >= 15 is 0 Å². The molecule has 28 nitrogen and oxygen atoms in total. The fraction of sp³-hybridized carbons (Fsp3) is 0.639. The van der Waals surface area contributed by atoms with Crippen LogP contribution in [0, 0.1) is 5.92 Å². The largest absolute Gasteiger partial charge is 0.394 e. The summed E-state index contributed by atoms with van der Waals surface area (Å²) in [7, 11) is 0. The van der Waals surface area contributed by atoms with Gasteiger partial charge in [0.05, 0.1) is 19.8 Å². The fourth-order valence-corrected chi connectivity index (χ4v) is 6.13. The number of alkyl halides is 1. The first-order valence-corrected chi connectivity index (χ1v) is 21.1. The molecule has 0 saturated heterocycles. The van der Waals surface area contributed by atoms with Crippen LogP contribution in [0.2, 0.25) is 0 Å². The molecule has 0 aromatic carbocycles. The molecule has 8 amide bonds. The molecule has 0 aliphatic carbocycles. The summed E-state index contributed by atoms with van der Waals surface area (Å²) >= 11 is 5.70. The molecule has 0 aliphatic rings. The van der Waals surface area contributed by atoms with Gasteiger partial charge in [0.25, 0.3) is 5.91 Å². The SMILES string of the molecule is CC[C@H](C)[C@H](NC(=O)[C@H](CCC(N)=O)NC(=O)[C@H](CO)NC(=O)[C@H](CCCCN)NC(=O)c1ncn2c(=O)n(CCCl)nnc12)C(=O)N[C@@H](CO)C(=O)N[C@@H](CCCN=C(N)N)C(N)=O. The van der Waals surface area contributed by atoms with Gasteiger partial charge < -0.3 is 70.8 Å². The van der Waals surface area contributed by atoms with Gasteiger partial charge in [-0.3, -0.25) is 43.3 Å². The molecule has 0 bridgehead atoms. The van der Waals surface area contributed by atoms with E-state index in [1.807, 2.05) is 0 Å². The third-order valence-corrected chi connectivity index (χ3v) is 10.0. The average Bonchev–Trinajstić information content (AvgIpc) is 3.71. The van der Waals surface area contributed by atoms with Gasteiger partial charge >= 0.3 is 5.69 Å². The van der Waals surface area contributed by atoms with Crippen LogP contribution in [0.4, 0.5) is 0 Å². The van der Waals surface area contributed by atoms with Crippen LogP contribution < -0.4 is 66.3 Å². The molecule has 65 heavy (non-hydrogen) atoms. The molecule has 18 N–H and O–H groups in total. The molecular formula is C36H60ClN17O11. The zero-order chi connectivity index (χ0) is 48.8. The van der Waals surface area contributed by atoms with Crippen LogP contribution in [0.1, 0.15) is 75.7 Å². The lowest BCUT2D eigenvalue weighted by Crippen LogP contribution is -2.61. The molecule has 7 atom stereocenters. The molecule has 2 aromatic rings. The topological polar surface area (TPSA) is 457 Å². The molecular weight excluding hydrogens is 882 g/mol. The number of carbonyl (C=O) groups excluding carboxylic acids is 8. The number of hydrogen-bond acceptors (Lipinski definition) is 16. The zero-order valence-corrected chi connectivity index (χ0v) is 36.8. The lowest BCUT2D eigenvalue weighted by atomic mass is 9.97. The highest BCUT2D eigenvalue weighted by molar-refractivity contribution is 6.17. The van der Waals surface area contributed by atoms with Crippen LogP contribution in [0.5, 0.6) is 0 Å². The van der Waals surface area contributed by atoms with Gasteiger partial charge in [0.2, 0.25) is 41.4 Å². The third kappa shape index (κ3) is 17.2. The summed E-state index contributed by atoms with van der Waals surface area (Å²) in [5.41, 5.74) is 25.7. The highest BCUT2D eigenvalue weighted by Crippen LogP contribution is 2.11. The number of rotatable bonds is 30. The normalized spacial score (nSPS) is 14.3. The summed E-state index contributed by atoms with van der Waals surface area (Å²) in [6, 6.07) is -8.96. The van der Waals surface area contributed by atoms with E-state index in [1.54, 1.807) is 13.8 Å². The van der Waals surface area contributed by atoms with Crippen molar-refractivity contribution in [3.05, 3.63) is 22.5 Å². The Morgan fingerprint density at radius 2 is 1.32 bits per heavy atom. The predicted octanol–water partition coefficient (Wildman–Crippen LogP) is -6.99. The number of imidazole rings is 1. The second-order valence-electron chi connectivity index (χ2n) is 14.7. The van der Waals surface area contributed by atoms with Gasteiger partial charge in [0.1, 0.15) is 42.6 Å². The van der Waals surface area contributed by atoms with Crippen LogP contribution in [-0.2, 0) is 40.1 Å². The molecule has 0 saturated carbocycles. The molecule has 0 fully saturated rings. The minimum Gasteiger partial charge on any atom is -0.394 e. The first-order chi connectivity index (χ1) is 30.8. The Bertz CT molecular complexity index is 2060. The van der Waals surface area contributed by atoms with Crippen molar-refractivity contribution in [2.24, 2.45) is 39.6 Å². The highest BCUT2D eigenvalue weighted by Gasteiger charge is 2.35. The van der Waals surface area contributed by atoms with E-state index in [9.17, 15) is 53.4 Å². The number of primary amides is 2. The summed E-state index contributed by atoms with van der Waals surface area (Å²) in [5, 5.41) is 42.2. The lowest BCUT2D eigenvalue weighted by Gasteiger charge is -2.29. The van der Waals surface area contributed by atoms with E-state index in [0.717, 1.165) is 15.4 Å². The number of halogens is 1. The standard InChI is InChI=1S/C36H60ClN17O11/c1-3-18(2)25(33(63)49-23(16-56)31(61)45-19(27(40)58)8-6-13-43-35(41)42)50-30(60)21(9-10-24(39)57)46-32(62)22(15-55)48-29(59)20(7-4-5-12-38)47-34(64)26-28-51-52-54(14-11-37)36(65)53(28)17-44-26/h17-23,25,55-56H,3-16,38H2,1-2H3,(H2,39,57)(H2,40,58)(H,45,61)(H,46,62)(H,47,64)(H,48,59)(H,49,63)(H,50,60)(H4,41,42,43)/t18-,19-,20-,21-,22-,23-,25-/m0/s1. The van der Waals surface area contributed by atoms with E-state index in [1.165, 1.54) is 0 Å². The van der Waals surface area contributed by atoms with Crippen molar-refractivity contribution < 1.29 is 48.6 Å². The molecule has 0 radical (unpaired) electrons. The highest BCUT2D eigenvalue weighted by atomic mass is 35.5. The van der Waals surface area contributed by atoms with Gasteiger partial charge in [-0.05, 0) is 51.0 Å². The van der Waals surface area contributed by atoms with Crippen molar-refractivity contribution in [3.63, 3.8) is 0 Å². The number of nitrogens with two attached hydrogens (primary N) is 5. The Balaban J connectivity index is 2.27. The predicted molar refractivity (Wildman–Crippen MR) is 231 cm³/mol. The van der Waals surface area contributed by atoms with Crippen LogP contribution in [0.15, 0.2) is 16.1 Å². The number of hydrogen-bond donors (Lipinski definition) is 13. The molecule has 2 heterocycles. The summed E-state index contributed by atoms with van der Waals surface area (Å²) < 4.78 is 1.92. The number of unbranched alkanes of at least 4 members (excludes halogenated alkanes) is 1. The van der Waals surface area contributed by atoms with Crippen molar-refractivity contribution in [1.29, 1.82) is 0 Å². The summed E-state index contributed by atoms with van der Waals surface area (Å²) in [4.78, 5) is 125. The van der Waals surface area contributed by atoms with Crippen LogP contribution in [0.3, 0.4) is 0 Å². The number of guanidine groups is 1. The monoisotopic (exact) mass is 941 g/mol. The minimum atomic E-state index is -1.74. The van der Waals surface area contributed by atoms with E-state index in [2.05, 4.69) is 52.2 Å². The molecule has 0 unspecified atom stereocenters. The molecule has 362 valence electrons. The molecule has 2 rings (SSSR count). The van der Waals surface area contributed by atoms with Crippen molar-refractivity contribution in [2.45, 2.75) is 108 Å². The van der Waals surface area contributed by atoms with Gasteiger partial charge in [-0.15, -0.1) is 16.7 Å². The zero-order valence-electron chi connectivity index (χ0n) is 36.0. The smallest absolute Gasteiger partial charge is 0.353 e. The van der Waals surface area contributed by atoms with Crippen LogP contribution in [0.25, 0.3) is 5.65 Å². The van der Waals surface area contributed by atoms with Gasteiger partial charge in [-0.2, -0.15) is 4.68 Å². The molecule has 29 heteroatoms. The van der Waals surface area contributed by atoms with Gasteiger partial charge in [-0.1, -0.05) is 25.5 Å². The number of aryl methyl sites for hydroxylation is 1. The average molecular weight is 942 g/mol. The number of aliphatic hydroxyl groups excluding tert-OH is 2. The summed E-state index contributed by atoms with van der Waals surface area (Å²) in [6.07, 6.45) is 1.45. The summed E-state index contributed by atoms with van der Waals surface area (Å²) in [6.45, 7) is 1.70. The number of amides is 8. The number of carbonyl (C=O) groups is 8. The fourth-order valence-electron chi connectivity index (χ4n) is 5.97. The number of nitrogens with one attached hydrogen (secondary N) is 6. The van der Waals surface area contributed by atoms with Crippen LogP contribution in [-0.4, -0.2) is 156 Å². The lowest BCUT2D eigenvalue weighted by molar-refractivity contribution is -0.136. The number of nitrogens with zero attached hydrogens (tertiary/aromatic N) is 6. The minimum absolute atomic E-state index is 0.0114. The van der Waals surface area contributed by atoms with Gasteiger partial charge in [0, 0.05) is 18.8 Å². The Kier molecular flexibility index (Phi) is 23.2. The Labute approximate surface area is 376 Å². The Morgan fingerprint density at radius 1 is 0.769 bits per heavy atom. The molecule has 0 aliphatic heterocycles. The quantitative estimate of drug-likeness (QED) is 0.0150. The van der Waals surface area contributed by atoms with Crippen LogP contribution >= 0.6 is 11.6 Å². The molecule has 2 aromatic heterocycles. The van der Waals surface area contributed by atoms with Gasteiger partial charge in [-0.25, -0.2) is 14.2 Å². The molecule has 0 spiro atoms. The van der Waals surface area contributed by atoms with E-state index in [0.29, 0.717) is 12.8 Å². The first kappa shape index (κ1) is 54.6. The van der Waals surface area contributed by atoms with E-state index in [-0.39, 0.29) is 68.5 Å². The number of aliphatic imine (C=N–C) groups is 1. The number of fused-ring (bicyclic) bond motifs is 1. The van der Waals surface area contributed by atoms with E-state index in [4.69, 9.17) is 40.3 Å². The third-order valence-electron chi connectivity index (χ3n) is 9.84.